The number of likely N-dealkylation sites (N-methyl/N-ethyl adjacent to an activating group) is 1. The number of rotatable bonds is 3. The van der Waals surface area contributed by atoms with Gasteiger partial charge in [-0.3, -0.25) is 0 Å². The van der Waals surface area contributed by atoms with Crippen LogP contribution < -0.4 is 5.32 Å². The number of hydrogen-bond donors (Lipinski definition) is 2. The molecule has 1 atom stereocenters. The van der Waals surface area contributed by atoms with Crippen LogP contribution in [0.4, 0.5) is 10.5 Å². The second-order valence-corrected chi connectivity index (χ2v) is 4.97. The van der Waals surface area contributed by atoms with Gasteiger partial charge in [0.15, 0.2) is 0 Å². The molecule has 0 aliphatic carbocycles. The van der Waals surface area contributed by atoms with Gasteiger partial charge in [0.2, 0.25) is 0 Å². The normalized spacial score (nSPS) is 11.8. The minimum Gasteiger partial charge on any atom is -0.480 e. The number of carboxylic acids is 1. The van der Waals surface area contributed by atoms with Gasteiger partial charge in [0.1, 0.15) is 6.04 Å². The highest BCUT2D eigenvalue weighted by Crippen LogP contribution is 2.26. The van der Waals surface area contributed by atoms with Crippen LogP contribution in [-0.2, 0) is 4.79 Å². The van der Waals surface area contributed by atoms with Crippen molar-refractivity contribution in [2.24, 2.45) is 0 Å². The Labute approximate surface area is 118 Å². The summed E-state index contributed by atoms with van der Waals surface area (Å²) in [7, 11) is 1.41. The summed E-state index contributed by atoms with van der Waals surface area (Å²) in [6, 6.07) is 3.50. The third-order valence-corrected chi connectivity index (χ3v) is 3.36. The fourth-order valence-corrected chi connectivity index (χ4v) is 1.66. The molecule has 0 radical (unpaired) electrons. The molecule has 0 aliphatic heterocycles. The van der Waals surface area contributed by atoms with E-state index in [1.54, 1.807) is 18.2 Å². The number of nitrogens with zero attached hydrogens (tertiary/aromatic N) is 1. The first kappa shape index (κ1) is 14.8. The fourth-order valence-electron chi connectivity index (χ4n) is 1.14. The summed E-state index contributed by atoms with van der Waals surface area (Å²) in [5, 5.41) is 11.9. The van der Waals surface area contributed by atoms with Gasteiger partial charge in [-0.05, 0) is 41.1 Å². The van der Waals surface area contributed by atoms with Crippen molar-refractivity contribution in [3.63, 3.8) is 0 Å². The Morgan fingerprint density at radius 3 is 2.67 bits per heavy atom. The second-order valence-electron chi connectivity index (χ2n) is 3.68. The van der Waals surface area contributed by atoms with Crippen LogP contribution in [0.2, 0.25) is 5.02 Å². The van der Waals surface area contributed by atoms with Crippen molar-refractivity contribution >= 4 is 45.2 Å². The Bertz CT molecular complexity index is 481. The van der Waals surface area contributed by atoms with Crippen molar-refractivity contribution < 1.29 is 14.7 Å². The molecule has 0 saturated heterocycles. The predicted molar refractivity (Wildman–Crippen MR) is 73.0 cm³/mol. The summed E-state index contributed by atoms with van der Waals surface area (Å²) in [6.45, 7) is 1.43. The highest BCUT2D eigenvalue weighted by Gasteiger charge is 2.22. The fraction of sp³-hybridized carbons (Fsp3) is 0.273. The molecule has 0 saturated carbocycles. The SMILES string of the molecule is CC(C(=O)O)N(C)C(=O)Nc1cc(Cl)ccc1Br. The van der Waals surface area contributed by atoms with E-state index in [-0.39, 0.29) is 0 Å². The van der Waals surface area contributed by atoms with Crippen molar-refractivity contribution in [2.45, 2.75) is 13.0 Å². The Hall–Kier alpha value is -1.27. The van der Waals surface area contributed by atoms with E-state index in [4.69, 9.17) is 16.7 Å². The number of nitrogens with one attached hydrogen (secondary N) is 1. The van der Waals surface area contributed by atoms with Gasteiger partial charge in [-0.1, -0.05) is 11.6 Å². The number of benzene rings is 1. The number of urea groups is 1. The minimum atomic E-state index is -1.07. The average Bonchev–Trinajstić information content (AvgIpc) is 2.31. The summed E-state index contributed by atoms with van der Waals surface area (Å²) in [5.74, 6) is -1.07. The van der Waals surface area contributed by atoms with E-state index in [1.807, 2.05) is 0 Å². The molecule has 98 valence electrons. The molecule has 18 heavy (non-hydrogen) atoms. The number of hydrogen-bond acceptors (Lipinski definition) is 2. The third-order valence-electron chi connectivity index (χ3n) is 2.43. The molecule has 5 nitrogen and oxygen atoms in total. The monoisotopic (exact) mass is 334 g/mol. The maximum absolute atomic E-state index is 11.8. The molecule has 0 heterocycles. The van der Waals surface area contributed by atoms with Crippen LogP contribution in [0.3, 0.4) is 0 Å². The van der Waals surface area contributed by atoms with Gasteiger partial charge in [-0.2, -0.15) is 0 Å². The Kier molecular flexibility index (Phi) is 4.98. The maximum Gasteiger partial charge on any atom is 0.326 e. The van der Waals surface area contributed by atoms with E-state index in [2.05, 4.69) is 21.2 Å². The van der Waals surface area contributed by atoms with Crippen LogP contribution in [0, 0.1) is 0 Å². The maximum atomic E-state index is 11.8. The van der Waals surface area contributed by atoms with Crippen LogP contribution in [0.1, 0.15) is 6.92 Å². The molecule has 1 aromatic rings. The summed E-state index contributed by atoms with van der Waals surface area (Å²) < 4.78 is 0.664. The smallest absolute Gasteiger partial charge is 0.326 e. The van der Waals surface area contributed by atoms with Crippen LogP contribution in [0.15, 0.2) is 22.7 Å². The molecule has 0 fully saturated rings. The topological polar surface area (TPSA) is 69.6 Å². The first-order valence-electron chi connectivity index (χ1n) is 5.04. The number of halogens is 2. The Morgan fingerprint density at radius 1 is 1.50 bits per heavy atom. The second kappa shape index (κ2) is 6.06. The lowest BCUT2D eigenvalue weighted by atomic mass is 10.3. The first-order valence-corrected chi connectivity index (χ1v) is 6.21. The first-order chi connectivity index (χ1) is 8.32. The van der Waals surface area contributed by atoms with Crippen LogP contribution in [0.5, 0.6) is 0 Å². The van der Waals surface area contributed by atoms with E-state index in [0.717, 1.165) is 4.90 Å². The molecule has 0 aliphatic rings. The molecule has 1 unspecified atom stereocenters. The van der Waals surface area contributed by atoms with Crippen molar-refractivity contribution in [2.75, 3.05) is 12.4 Å². The highest BCUT2D eigenvalue weighted by molar-refractivity contribution is 9.10. The number of carboxylic acid groups (broad SMARTS) is 1. The zero-order valence-corrected chi connectivity index (χ0v) is 12.1. The van der Waals surface area contributed by atoms with Gasteiger partial charge in [0.05, 0.1) is 5.69 Å². The zero-order valence-electron chi connectivity index (χ0n) is 9.78. The van der Waals surface area contributed by atoms with E-state index in [9.17, 15) is 9.59 Å². The van der Waals surface area contributed by atoms with E-state index in [0.29, 0.717) is 15.2 Å². The lowest BCUT2D eigenvalue weighted by Crippen LogP contribution is -2.42. The minimum absolute atomic E-state index is 0.474. The molecule has 7 heteroatoms. The lowest BCUT2D eigenvalue weighted by molar-refractivity contribution is -0.141. The predicted octanol–water partition coefficient (Wildman–Crippen LogP) is 3.04. The Balaban J connectivity index is 2.81. The number of amides is 2. The van der Waals surface area contributed by atoms with Crippen molar-refractivity contribution in [3.05, 3.63) is 27.7 Å². The highest BCUT2D eigenvalue weighted by atomic mass is 79.9. The molecule has 0 aromatic heterocycles. The van der Waals surface area contributed by atoms with Gasteiger partial charge in [0.25, 0.3) is 0 Å². The van der Waals surface area contributed by atoms with Gasteiger partial charge in [-0.25, -0.2) is 9.59 Å². The van der Waals surface area contributed by atoms with Gasteiger partial charge >= 0.3 is 12.0 Å². The van der Waals surface area contributed by atoms with Gasteiger partial charge < -0.3 is 15.3 Å². The molecule has 2 amide bonds. The quantitative estimate of drug-likeness (QED) is 0.892. The third kappa shape index (κ3) is 3.61. The van der Waals surface area contributed by atoms with Crippen LogP contribution in [-0.4, -0.2) is 35.1 Å². The average molecular weight is 336 g/mol. The molecular formula is C11H12BrClN2O3. The molecule has 0 spiro atoms. The molecule has 1 rings (SSSR count). The van der Waals surface area contributed by atoms with Crippen LogP contribution >= 0.6 is 27.5 Å². The zero-order chi connectivity index (χ0) is 13.9. The lowest BCUT2D eigenvalue weighted by Gasteiger charge is -2.22. The van der Waals surface area contributed by atoms with Crippen molar-refractivity contribution in [1.29, 1.82) is 0 Å². The van der Waals surface area contributed by atoms with E-state index in [1.165, 1.54) is 14.0 Å². The van der Waals surface area contributed by atoms with E-state index >= 15 is 0 Å². The van der Waals surface area contributed by atoms with Gasteiger partial charge in [0, 0.05) is 16.5 Å². The molecule has 1 aromatic carbocycles. The Morgan fingerprint density at radius 2 is 2.11 bits per heavy atom. The largest absolute Gasteiger partial charge is 0.480 e. The summed E-state index contributed by atoms with van der Waals surface area (Å²) in [6.07, 6.45) is 0. The van der Waals surface area contributed by atoms with Crippen molar-refractivity contribution in [3.8, 4) is 0 Å². The number of aliphatic carboxylic acids is 1. The summed E-state index contributed by atoms with van der Waals surface area (Å²) >= 11 is 9.08. The number of carbonyl (C=O) groups excluding carboxylic acids is 1. The van der Waals surface area contributed by atoms with E-state index < -0.39 is 18.0 Å². The molecule has 0 bridgehead atoms. The molecule has 2 N–H and O–H groups in total. The number of carbonyl (C=O) groups is 2. The summed E-state index contributed by atoms with van der Waals surface area (Å²) in [5.41, 5.74) is 0.483. The van der Waals surface area contributed by atoms with Crippen molar-refractivity contribution in [1.82, 2.24) is 4.90 Å². The summed E-state index contributed by atoms with van der Waals surface area (Å²) in [4.78, 5) is 23.7. The van der Waals surface area contributed by atoms with Crippen LogP contribution in [0.25, 0.3) is 0 Å². The molecular weight excluding hydrogens is 323 g/mol. The number of anilines is 1. The standard InChI is InChI=1S/C11H12BrClN2O3/c1-6(10(16)17)15(2)11(18)14-9-5-7(13)3-4-8(9)12/h3-6H,1-2H3,(H,14,18)(H,16,17). The van der Waals surface area contributed by atoms with Gasteiger partial charge in [-0.15, -0.1) is 0 Å².